The topological polar surface area (TPSA) is 91.4 Å². The van der Waals surface area contributed by atoms with Crippen LogP contribution in [0.25, 0.3) is 6.08 Å². The highest BCUT2D eigenvalue weighted by atomic mass is 32.2. The Hall–Kier alpha value is -3.46. The van der Waals surface area contributed by atoms with Crippen molar-refractivity contribution >= 4 is 35.0 Å². The molecule has 1 heterocycles. The van der Waals surface area contributed by atoms with E-state index < -0.39 is 23.7 Å². The number of hydrogen-bond acceptors (Lipinski definition) is 8. The van der Waals surface area contributed by atoms with Crippen molar-refractivity contribution in [2.24, 2.45) is 0 Å². The molecule has 2 aromatic rings. The third-order valence-electron chi connectivity index (χ3n) is 5.28. The van der Waals surface area contributed by atoms with E-state index in [9.17, 15) is 14.4 Å². The molecule has 2 aromatic carbocycles. The molecule has 9 heteroatoms. The minimum absolute atomic E-state index is 0.0849. The molecule has 36 heavy (non-hydrogen) atoms. The molecule has 0 saturated carbocycles. The van der Waals surface area contributed by atoms with Gasteiger partial charge < -0.3 is 18.9 Å². The van der Waals surface area contributed by atoms with Gasteiger partial charge in [0.05, 0.1) is 18.6 Å². The molecule has 0 unspecified atom stereocenters. The fraction of sp³-hybridized carbons (Fsp3) is 0.370. The van der Waals surface area contributed by atoms with Gasteiger partial charge in [-0.05, 0) is 65.6 Å². The zero-order valence-corrected chi connectivity index (χ0v) is 22.0. The summed E-state index contributed by atoms with van der Waals surface area (Å²) in [7, 11) is 1.52. The number of hydrogen-bond donors (Lipinski definition) is 0. The normalized spacial score (nSPS) is 14.8. The third-order valence-corrected chi connectivity index (χ3v) is 6.19. The number of rotatable bonds is 10. The number of ether oxygens (including phenoxy) is 4. The zero-order chi connectivity index (χ0) is 26.3. The van der Waals surface area contributed by atoms with Gasteiger partial charge in [0.15, 0.2) is 11.5 Å². The van der Waals surface area contributed by atoms with Crippen molar-refractivity contribution in [3.63, 3.8) is 0 Å². The lowest BCUT2D eigenvalue weighted by molar-refractivity contribution is -0.145. The van der Waals surface area contributed by atoms with Gasteiger partial charge in [0.2, 0.25) is 0 Å². The summed E-state index contributed by atoms with van der Waals surface area (Å²) in [5, 5.41) is -0.515. The van der Waals surface area contributed by atoms with Crippen LogP contribution in [-0.4, -0.2) is 55.5 Å². The number of esters is 1. The Morgan fingerprint density at radius 2 is 1.69 bits per heavy atom. The van der Waals surface area contributed by atoms with Crippen LogP contribution in [0.15, 0.2) is 47.4 Å². The fourth-order valence-corrected chi connectivity index (χ4v) is 4.22. The zero-order valence-electron chi connectivity index (χ0n) is 21.2. The molecule has 0 bridgehead atoms. The van der Waals surface area contributed by atoms with Crippen LogP contribution >= 0.6 is 11.8 Å². The average Bonchev–Trinajstić information content (AvgIpc) is 3.09. The highest BCUT2D eigenvalue weighted by Crippen LogP contribution is 2.34. The predicted molar refractivity (Wildman–Crippen MR) is 138 cm³/mol. The highest BCUT2D eigenvalue weighted by Gasteiger charge is 2.36. The second kappa shape index (κ2) is 12.0. The molecule has 3 rings (SSSR count). The first-order valence-corrected chi connectivity index (χ1v) is 12.4. The number of imide groups is 1. The summed E-state index contributed by atoms with van der Waals surface area (Å²) in [6, 6.07) is 13.2. The van der Waals surface area contributed by atoms with Gasteiger partial charge in [-0.25, -0.2) is 0 Å². The first-order valence-electron chi connectivity index (χ1n) is 11.6. The number of carbonyl (C=O) groups excluding carboxylic acids is 3. The van der Waals surface area contributed by atoms with E-state index in [1.165, 1.54) is 12.7 Å². The second-order valence-electron chi connectivity index (χ2n) is 8.95. The molecule has 0 N–H and O–H groups in total. The van der Waals surface area contributed by atoms with E-state index in [1.54, 1.807) is 31.2 Å². The van der Waals surface area contributed by atoms with E-state index in [-0.39, 0.29) is 16.9 Å². The molecule has 8 nitrogen and oxygen atoms in total. The third kappa shape index (κ3) is 7.04. The van der Waals surface area contributed by atoms with Crippen LogP contribution in [0.2, 0.25) is 0 Å². The largest absolute Gasteiger partial charge is 0.493 e. The standard InChI is InChI=1S/C27H31NO7S/c1-6-33-24(29)17-28-25(30)23(36-26(28)31)16-18-7-12-21(22(15-18)32-5)35-14-13-34-20-10-8-19(9-11-20)27(2,3)4/h7-12,15-16H,6,13-14,17H2,1-5H3/b23-16-. The second-order valence-corrected chi connectivity index (χ2v) is 9.95. The van der Waals surface area contributed by atoms with Crippen LogP contribution in [0, 0.1) is 0 Å². The van der Waals surface area contributed by atoms with Gasteiger partial charge in [0, 0.05) is 0 Å². The predicted octanol–water partition coefficient (Wildman–Crippen LogP) is 5.05. The first-order chi connectivity index (χ1) is 17.1. The first kappa shape index (κ1) is 27.1. The quantitative estimate of drug-likeness (QED) is 0.248. The minimum Gasteiger partial charge on any atom is -0.493 e. The van der Waals surface area contributed by atoms with E-state index in [2.05, 4.69) is 32.9 Å². The molecule has 1 fully saturated rings. The van der Waals surface area contributed by atoms with Crippen molar-refractivity contribution in [2.75, 3.05) is 33.5 Å². The monoisotopic (exact) mass is 513 g/mol. The molecule has 0 spiro atoms. The van der Waals surface area contributed by atoms with E-state index in [0.717, 1.165) is 22.4 Å². The van der Waals surface area contributed by atoms with Gasteiger partial charge in [-0.3, -0.25) is 19.3 Å². The lowest BCUT2D eigenvalue weighted by Crippen LogP contribution is -2.34. The van der Waals surface area contributed by atoms with Crippen molar-refractivity contribution < 1.29 is 33.3 Å². The maximum absolute atomic E-state index is 12.6. The van der Waals surface area contributed by atoms with Crippen LogP contribution < -0.4 is 14.2 Å². The van der Waals surface area contributed by atoms with Gasteiger partial charge in [0.1, 0.15) is 25.5 Å². The maximum Gasteiger partial charge on any atom is 0.326 e. The molecule has 1 saturated heterocycles. The molecule has 2 amide bonds. The summed E-state index contributed by atoms with van der Waals surface area (Å²) in [6.45, 7) is 8.58. The van der Waals surface area contributed by atoms with Crippen molar-refractivity contribution in [3.8, 4) is 17.2 Å². The summed E-state index contributed by atoms with van der Waals surface area (Å²) in [5.74, 6) is 0.603. The number of methoxy groups -OCH3 is 1. The Morgan fingerprint density at radius 1 is 1.00 bits per heavy atom. The Morgan fingerprint density at radius 3 is 2.33 bits per heavy atom. The lowest BCUT2D eigenvalue weighted by atomic mass is 9.87. The molecule has 0 aliphatic carbocycles. The van der Waals surface area contributed by atoms with Crippen molar-refractivity contribution in [1.29, 1.82) is 0 Å². The van der Waals surface area contributed by atoms with Gasteiger partial charge in [-0.2, -0.15) is 0 Å². The molecule has 1 aliphatic heterocycles. The number of nitrogens with zero attached hydrogens (tertiary/aromatic N) is 1. The number of amides is 2. The summed E-state index contributed by atoms with van der Waals surface area (Å²) in [6.07, 6.45) is 1.58. The van der Waals surface area contributed by atoms with E-state index in [4.69, 9.17) is 18.9 Å². The van der Waals surface area contributed by atoms with Gasteiger partial charge in [-0.1, -0.05) is 39.0 Å². The smallest absolute Gasteiger partial charge is 0.326 e. The molecule has 0 radical (unpaired) electrons. The van der Waals surface area contributed by atoms with Crippen molar-refractivity contribution in [3.05, 3.63) is 58.5 Å². The SMILES string of the molecule is CCOC(=O)CN1C(=O)S/C(=C\c2ccc(OCCOc3ccc(C(C)(C)C)cc3)c(OC)c2)C1=O. The Balaban J connectivity index is 1.58. The maximum atomic E-state index is 12.6. The van der Waals surface area contributed by atoms with E-state index in [0.29, 0.717) is 30.3 Å². The molecular formula is C27H31NO7S. The highest BCUT2D eigenvalue weighted by molar-refractivity contribution is 8.18. The Labute approximate surface area is 215 Å². The number of carbonyl (C=O) groups is 3. The summed E-state index contributed by atoms with van der Waals surface area (Å²) >= 11 is 0.773. The number of thioether (sulfide) groups is 1. The van der Waals surface area contributed by atoms with Crippen molar-refractivity contribution in [1.82, 2.24) is 4.90 Å². The van der Waals surface area contributed by atoms with E-state index in [1.807, 2.05) is 12.1 Å². The molecule has 1 aliphatic rings. The molecule has 0 aromatic heterocycles. The molecular weight excluding hydrogens is 482 g/mol. The van der Waals surface area contributed by atoms with Crippen LogP contribution in [0.3, 0.4) is 0 Å². The summed E-state index contributed by atoms with van der Waals surface area (Å²) in [5.41, 5.74) is 1.97. The van der Waals surface area contributed by atoms with Crippen LogP contribution in [0.1, 0.15) is 38.8 Å². The van der Waals surface area contributed by atoms with E-state index >= 15 is 0 Å². The summed E-state index contributed by atoms with van der Waals surface area (Å²) in [4.78, 5) is 37.5. The molecule has 0 atom stereocenters. The number of benzene rings is 2. The lowest BCUT2D eigenvalue weighted by Gasteiger charge is -2.19. The molecule has 192 valence electrons. The van der Waals surface area contributed by atoms with Crippen LogP contribution in [-0.2, 0) is 19.7 Å². The van der Waals surface area contributed by atoms with Crippen LogP contribution in [0.5, 0.6) is 17.2 Å². The van der Waals surface area contributed by atoms with Gasteiger partial charge in [-0.15, -0.1) is 0 Å². The Kier molecular flexibility index (Phi) is 9.03. The average molecular weight is 514 g/mol. The Bertz CT molecular complexity index is 1140. The minimum atomic E-state index is -0.630. The van der Waals surface area contributed by atoms with Gasteiger partial charge in [0.25, 0.3) is 11.1 Å². The summed E-state index contributed by atoms with van der Waals surface area (Å²) < 4.78 is 21.8. The van der Waals surface area contributed by atoms with Crippen molar-refractivity contribution in [2.45, 2.75) is 33.1 Å². The van der Waals surface area contributed by atoms with Gasteiger partial charge >= 0.3 is 5.97 Å². The fourth-order valence-electron chi connectivity index (χ4n) is 3.38. The van der Waals surface area contributed by atoms with Crippen LogP contribution in [0.4, 0.5) is 4.79 Å².